The Kier molecular flexibility index (Phi) is 6.68. The number of rotatable bonds is 6. The van der Waals surface area contributed by atoms with E-state index in [-0.39, 0.29) is 0 Å². The van der Waals surface area contributed by atoms with Gasteiger partial charge in [0.2, 0.25) is 0 Å². The van der Waals surface area contributed by atoms with Crippen molar-refractivity contribution in [3.8, 4) is 0 Å². The van der Waals surface area contributed by atoms with Crippen molar-refractivity contribution in [2.45, 2.75) is 19.3 Å². The Morgan fingerprint density at radius 3 is 2.85 bits per heavy atom. The molecule has 1 heterocycles. The van der Waals surface area contributed by atoms with Crippen LogP contribution in [0.15, 0.2) is 0 Å². The highest BCUT2D eigenvalue weighted by Gasteiger charge is 2.12. The average molecular weight is 203 g/mol. The molecular formula is C10H21NOS. The maximum absolute atomic E-state index is 5.31. The zero-order valence-corrected chi connectivity index (χ0v) is 9.37. The van der Waals surface area contributed by atoms with Gasteiger partial charge in [-0.15, -0.1) is 0 Å². The third-order valence-electron chi connectivity index (χ3n) is 2.48. The summed E-state index contributed by atoms with van der Waals surface area (Å²) in [7, 11) is 0. The van der Waals surface area contributed by atoms with Gasteiger partial charge in [0.15, 0.2) is 0 Å². The smallest absolute Gasteiger partial charge is 0.0469 e. The first-order chi connectivity index (χ1) is 6.43. The van der Waals surface area contributed by atoms with E-state index in [1.54, 1.807) is 0 Å². The lowest BCUT2D eigenvalue weighted by molar-refractivity contribution is 0.0664. The lowest BCUT2D eigenvalue weighted by Crippen LogP contribution is -2.28. The van der Waals surface area contributed by atoms with E-state index >= 15 is 0 Å². The van der Waals surface area contributed by atoms with Gasteiger partial charge in [-0.1, -0.05) is 0 Å². The Morgan fingerprint density at radius 2 is 2.15 bits per heavy atom. The van der Waals surface area contributed by atoms with E-state index in [2.05, 4.69) is 11.6 Å². The van der Waals surface area contributed by atoms with Gasteiger partial charge in [-0.25, -0.2) is 0 Å². The second kappa shape index (κ2) is 7.65. The maximum atomic E-state index is 5.31. The molecule has 0 aromatic carbocycles. The van der Waals surface area contributed by atoms with Crippen molar-refractivity contribution in [2.24, 2.45) is 5.92 Å². The fourth-order valence-corrected chi connectivity index (χ4v) is 2.03. The summed E-state index contributed by atoms with van der Waals surface area (Å²) in [5.74, 6) is 2.14. The maximum Gasteiger partial charge on any atom is 0.0469 e. The first-order valence-electron chi connectivity index (χ1n) is 5.21. The van der Waals surface area contributed by atoms with E-state index in [9.17, 15) is 0 Å². The molecule has 0 unspecified atom stereocenters. The number of nitrogens with one attached hydrogen (secondary N) is 1. The molecule has 1 rings (SSSR count). The molecule has 0 radical (unpaired) electrons. The number of thioether (sulfide) groups is 1. The predicted molar refractivity (Wildman–Crippen MR) is 59.4 cm³/mol. The largest absolute Gasteiger partial charge is 0.381 e. The Bertz CT molecular complexity index is 115. The van der Waals surface area contributed by atoms with Crippen molar-refractivity contribution in [1.82, 2.24) is 5.32 Å². The number of hydrogen-bond acceptors (Lipinski definition) is 3. The van der Waals surface area contributed by atoms with E-state index in [0.717, 1.165) is 19.1 Å². The van der Waals surface area contributed by atoms with Crippen molar-refractivity contribution in [1.29, 1.82) is 0 Å². The Morgan fingerprint density at radius 1 is 1.38 bits per heavy atom. The second-order valence-corrected chi connectivity index (χ2v) is 4.59. The molecule has 13 heavy (non-hydrogen) atoms. The number of hydrogen-bond donors (Lipinski definition) is 1. The van der Waals surface area contributed by atoms with Gasteiger partial charge in [0.1, 0.15) is 0 Å². The van der Waals surface area contributed by atoms with Gasteiger partial charge >= 0.3 is 0 Å². The molecule has 0 saturated carbocycles. The van der Waals surface area contributed by atoms with Gasteiger partial charge in [0.05, 0.1) is 0 Å². The lowest BCUT2D eigenvalue weighted by atomic mass is 10.0. The van der Waals surface area contributed by atoms with Crippen LogP contribution in [-0.4, -0.2) is 38.3 Å². The van der Waals surface area contributed by atoms with E-state index in [1.165, 1.54) is 38.1 Å². The van der Waals surface area contributed by atoms with E-state index in [0.29, 0.717) is 0 Å². The van der Waals surface area contributed by atoms with Crippen molar-refractivity contribution >= 4 is 11.8 Å². The second-order valence-electron chi connectivity index (χ2n) is 3.61. The van der Waals surface area contributed by atoms with Crippen LogP contribution in [0.2, 0.25) is 0 Å². The van der Waals surface area contributed by atoms with Crippen LogP contribution in [0.25, 0.3) is 0 Å². The molecule has 1 aliphatic heterocycles. The fourth-order valence-electron chi connectivity index (χ4n) is 1.60. The molecule has 2 nitrogen and oxygen atoms in total. The first-order valence-corrected chi connectivity index (χ1v) is 6.60. The summed E-state index contributed by atoms with van der Waals surface area (Å²) >= 11 is 1.93. The Hall–Kier alpha value is 0.270. The summed E-state index contributed by atoms with van der Waals surface area (Å²) in [6, 6.07) is 0. The highest BCUT2D eigenvalue weighted by molar-refractivity contribution is 7.98. The van der Waals surface area contributed by atoms with Crippen LogP contribution in [0.5, 0.6) is 0 Å². The molecule has 1 fully saturated rings. The van der Waals surface area contributed by atoms with Crippen LogP contribution >= 0.6 is 11.8 Å². The summed E-state index contributed by atoms with van der Waals surface area (Å²) in [5.41, 5.74) is 0. The molecule has 0 aromatic heterocycles. The van der Waals surface area contributed by atoms with Crippen molar-refractivity contribution < 1.29 is 4.74 Å². The predicted octanol–water partition coefficient (Wildman–Crippen LogP) is 1.76. The van der Waals surface area contributed by atoms with Gasteiger partial charge in [0, 0.05) is 13.2 Å². The summed E-state index contributed by atoms with van der Waals surface area (Å²) in [6.07, 6.45) is 5.95. The Labute approximate surface area is 85.8 Å². The lowest BCUT2D eigenvalue weighted by Gasteiger charge is -2.22. The molecule has 0 amide bonds. The summed E-state index contributed by atoms with van der Waals surface area (Å²) in [5, 5.41) is 3.52. The minimum Gasteiger partial charge on any atom is -0.381 e. The zero-order valence-electron chi connectivity index (χ0n) is 8.55. The molecule has 1 N–H and O–H groups in total. The summed E-state index contributed by atoms with van der Waals surface area (Å²) in [6.45, 7) is 4.31. The van der Waals surface area contributed by atoms with E-state index in [4.69, 9.17) is 4.74 Å². The van der Waals surface area contributed by atoms with Gasteiger partial charge in [0.25, 0.3) is 0 Å². The van der Waals surface area contributed by atoms with Gasteiger partial charge < -0.3 is 10.1 Å². The van der Waals surface area contributed by atoms with Crippen LogP contribution in [0.1, 0.15) is 19.3 Å². The molecule has 78 valence electrons. The topological polar surface area (TPSA) is 21.3 Å². The average Bonchev–Trinajstić information content (AvgIpc) is 2.19. The van der Waals surface area contributed by atoms with Crippen LogP contribution < -0.4 is 5.32 Å². The molecule has 1 saturated heterocycles. The SMILES string of the molecule is CSCCCNCC1CCOCC1. The highest BCUT2D eigenvalue weighted by atomic mass is 32.2. The molecule has 3 heteroatoms. The standard InChI is InChI=1S/C10H21NOS/c1-13-8-2-5-11-9-10-3-6-12-7-4-10/h10-11H,2-9H2,1H3. The summed E-state index contributed by atoms with van der Waals surface area (Å²) < 4.78 is 5.31. The van der Waals surface area contributed by atoms with E-state index in [1.807, 2.05) is 11.8 Å². The molecule has 0 aliphatic carbocycles. The van der Waals surface area contributed by atoms with Gasteiger partial charge in [-0.3, -0.25) is 0 Å². The quantitative estimate of drug-likeness (QED) is 0.665. The van der Waals surface area contributed by atoms with Gasteiger partial charge in [-0.2, -0.15) is 11.8 Å². The minimum atomic E-state index is 0.864. The third kappa shape index (κ3) is 5.55. The van der Waals surface area contributed by atoms with E-state index < -0.39 is 0 Å². The highest BCUT2D eigenvalue weighted by Crippen LogP contribution is 2.12. The zero-order chi connectivity index (χ0) is 9.36. The van der Waals surface area contributed by atoms with Crippen LogP contribution in [-0.2, 0) is 4.74 Å². The first kappa shape index (κ1) is 11.3. The molecular weight excluding hydrogens is 182 g/mol. The number of ether oxygens (including phenoxy) is 1. The van der Waals surface area contributed by atoms with Crippen molar-refractivity contribution in [2.75, 3.05) is 38.3 Å². The summed E-state index contributed by atoms with van der Waals surface area (Å²) in [4.78, 5) is 0. The van der Waals surface area contributed by atoms with Crippen LogP contribution in [0.4, 0.5) is 0 Å². The normalized spacial score (nSPS) is 19.2. The minimum absolute atomic E-state index is 0.864. The van der Waals surface area contributed by atoms with Crippen LogP contribution in [0, 0.1) is 5.92 Å². The fraction of sp³-hybridized carbons (Fsp3) is 1.00. The Balaban J connectivity index is 1.86. The molecule has 0 atom stereocenters. The molecule has 0 aromatic rings. The monoisotopic (exact) mass is 203 g/mol. The van der Waals surface area contributed by atoms with Crippen LogP contribution in [0.3, 0.4) is 0 Å². The molecule has 0 bridgehead atoms. The van der Waals surface area contributed by atoms with Crippen molar-refractivity contribution in [3.63, 3.8) is 0 Å². The molecule has 1 aliphatic rings. The van der Waals surface area contributed by atoms with Gasteiger partial charge in [-0.05, 0) is 50.3 Å². The molecule has 0 spiro atoms. The van der Waals surface area contributed by atoms with Crippen molar-refractivity contribution in [3.05, 3.63) is 0 Å². The third-order valence-corrected chi connectivity index (χ3v) is 3.17.